The first-order valence-electron chi connectivity index (χ1n) is 9.20. The third-order valence-corrected chi connectivity index (χ3v) is 4.92. The number of hydrogen-bond acceptors (Lipinski definition) is 2. The molecule has 142 valence electrons. The van der Waals surface area contributed by atoms with E-state index in [4.69, 9.17) is 11.6 Å². The molecule has 3 aromatic rings. The molecule has 0 saturated carbocycles. The number of Topliss-reactive ketones (excluding diaryl/α,β-unsaturated/α-hetero) is 1. The van der Waals surface area contributed by atoms with Crippen molar-refractivity contribution in [2.24, 2.45) is 0 Å². The minimum absolute atomic E-state index is 0.0431. The Morgan fingerprint density at radius 3 is 2.25 bits per heavy atom. The van der Waals surface area contributed by atoms with Crippen LogP contribution >= 0.6 is 11.6 Å². The van der Waals surface area contributed by atoms with E-state index in [1.165, 1.54) is 0 Å². The van der Waals surface area contributed by atoms with Gasteiger partial charge in [0.25, 0.3) is 5.91 Å². The fourth-order valence-electron chi connectivity index (χ4n) is 3.07. The Labute approximate surface area is 170 Å². The summed E-state index contributed by atoms with van der Waals surface area (Å²) < 4.78 is 0. The summed E-state index contributed by atoms with van der Waals surface area (Å²) in [6, 6.07) is 23.5. The van der Waals surface area contributed by atoms with Crippen LogP contribution in [-0.4, -0.2) is 17.7 Å². The number of amides is 1. The Balaban J connectivity index is 1.81. The van der Waals surface area contributed by atoms with Gasteiger partial charge in [-0.3, -0.25) is 9.59 Å². The van der Waals surface area contributed by atoms with E-state index in [1.807, 2.05) is 61.5 Å². The maximum absolute atomic E-state index is 13.1. The minimum Gasteiger partial charge on any atom is -0.342 e. The van der Waals surface area contributed by atoms with E-state index in [1.54, 1.807) is 24.3 Å². The van der Waals surface area contributed by atoms with Gasteiger partial charge in [0.2, 0.25) is 0 Å². The molecule has 1 atom stereocenters. The standard InChI is InChI=1S/C24H22ClNO2/c1-17-12-13-21(25)15-20(17)16-23(27)22(14-18-8-4-2-5-9-18)26-24(28)19-10-6-3-7-11-19/h2-13,15,22H,14,16H2,1H3,(H,26,28). The Kier molecular flexibility index (Phi) is 6.62. The molecule has 0 aliphatic heterocycles. The largest absolute Gasteiger partial charge is 0.342 e. The number of nitrogens with one attached hydrogen (secondary N) is 1. The molecule has 0 radical (unpaired) electrons. The van der Waals surface area contributed by atoms with Crippen LogP contribution in [0, 0.1) is 6.92 Å². The van der Waals surface area contributed by atoms with Crippen LogP contribution < -0.4 is 5.32 Å². The van der Waals surface area contributed by atoms with Gasteiger partial charge in [-0.05, 0) is 54.3 Å². The Morgan fingerprint density at radius 1 is 0.929 bits per heavy atom. The van der Waals surface area contributed by atoms with Crippen LogP contribution in [0.2, 0.25) is 5.02 Å². The molecule has 0 aromatic heterocycles. The van der Waals surface area contributed by atoms with Gasteiger partial charge in [-0.1, -0.05) is 66.2 Å². The zero-order valence-corrected chi connectivity index (χ0v) is 16.4. The van der Waals surface area contributed by atoms with Gasteiger partial charge < -0.3 is 5.32 Å². The van der Waals surface area contributed by atoms with Crippen molar-refractivity contribution < 1.29 is 9.59 Å². The van der Waals surface area contributed by atoms with Crippen LogP contribution in [0.4, 0.5) is 0 Å². The van der Waals surface area contributed by atoms with Crippen molar-refractivity contribution in [3.05, 3.63) is 106 Å². The fraction of sp³-hybridized carbons (Fsp3) is 0.167. The van der Waals surface area contributed by atoms with E-state index < -0.39 is 6.04 Å². The first-order valence-corrected chi connectivity index (χ1v) is 9.58. The Bertz CT molecular complexity index is 955. The Hall–Kier alpha value is -2.91. The predicted molar refractivity (Wildman–Crippen MR) is 113 cm³/mol. The van der Waals surface area contributed by atoms with Crippen molar-refractivity contribution in [3.63, 3.8) is 0 Å². The quantitative estimate of drug-likeness (QED) is 0.628. The molecule has 28 heavy (non-hydrogen) atoms. The first kappa shape index (κ1) is 19.8. The lowest BCUT2D eigenvalue weighted by atomic mass is 9.95. The monoisotopic (exact) mass is 391 g/mol. The summed E-state index contributed by atoms with van der Waals surface area (Å²) >= 11 is 6.09. The molecule has 0 fully saturated rings. The zero-order chi connectivity index (χ0) is 19.9. The molecular weight excluding hydrogens is 370 g/mol. The number of halogens is 1. The molecule has 0 spiro atoms. The molecule has 0 saturated heterocycles. The van der Waals surface area contributed by atoms with Gasteiger partial charge in [0.15, 0.2) is 5.78 Å². The van der Waals surface area contributed by atoms with Gasteiger partial charge in [0, 0.05) is 17.0 Å². The van der Waals surface area contributed by atoms with Gasteiger partial charge in [-0.15, -0.1) is 0 Å². The Morgan fingerprint density at radius 2 is 1.57 bits per heavy atom. The highest BCUT2D eigenvalue weighted by molar-refractivity contribution is 6.30. The van der Waals surface area contributed by atoms with Crippen LogP contribution in [0.1, 0.15) is 27.0 Å². The molecule has 0 aliphatic rings. The second-order valence-corrected chi connectivity index (χ2v) is 7.23. The third kappa shape index (κ3) is 5.30. The first-order chi connectivity index (χ1) is 13.5. The highest BCUT2D eigenvalue weighted by Crippen LogP contribution is 2.17. The third-order valence-electron chi connectivity index (χ3n) is 4.69. The van der Waals surface area contributed by atoms with Crippen LogP contribution in [-0.2, 0) is 17.6 Å². The maximum atomic E-state index is 13.1. The number of carbonyl (C=O) groups excluding carboxylic acids is 2. The number of rotatable bonds is 7. The van der Waals surface area contributed by atoms with Crippen LogP contribution in [0.5, 0.6) is 0 Å². The van der Waals surface area contributed by atoms with E-state index in [-0.39, 0.29) is 18.1 Å². The lowest BCUT2D eigenvalue weighted by molar-refractivity contribution is -0.120. The molecule has 3 rings (SSSR count). The van der Waals surface area contributed by atoms with E-state index in [0.717, 1.165) is 16.7 Å². The minimum atomic E-state index is -0.617. The number of ketones is 1. The van der Waals surface area contributed by atoms with E-state index >= 15 is 0 Å². The summed E-state index contributed by atoms with van der Waals surface area (Å²) in [5, 5.41) is 3.51. The molecule has 1 N–H and O–H groups in total. The molecule has 0 heterocycles. The number of hydrogen-bond donors (Lipinski definition) is 1. The average molecular weight is 392 g/mol. The maximum Gasteiger partial charge on any atom is 0.251 e. The molecule has 0 aliphatic carbocycles. The highest BCUT2D eigenvalue weighted by Gasteiger charge is 2.22. The zero-order valence-electron chi connectivity index (χ0n) is 15.7. The van der Waals surface area contributed by atoms with Crippen molar-refractivity contribution >= 4 is 23.3 Å². The van der Waals surface area contributed by atoms with Gasteiger partial charge in [0.1, 0.15) is 0 Å². The molecular formula is C24H22ClNO2. The number of aryl methyl sites for hydroxylation is 1. The summed E-state index contributed by atoms with van der Waals surface area (Å²) in [5.74, 6) is -0.295. The molecule has 1 unspecified atom stereocenters. The summed E-state index contributed by atoms with van der Waals surface area (Å²) in [6.45, 7) is 1.95. The van der Waals surface area contributed by atoms with E-state index in [0.29, 0.717) is 17.0 Å². The number of carbonyl (C=O) groups is 2. The molecule has 3 nitrogen and oxygen atoms in total. The lowest BCUT2D eigenvalue weighted by Crippen LogP contribution is -2.43. The molecule has 3 aromatic carbocycles. The summed E-state index contributed by atoms with van der Waals surface area (Å²) in [5.41, 5.74) is 3.42. The molecule has 4 heteroatoms. The van der Waals surface area contributed by atoms with Gasteiger partial charge in [-0.25, -0.2) is 0 Å². The van der Waals surface area contributed by atoms with Crippen LogP contribution in [0.15, 0.2) is 78.9 Å². The summed E-state index contributed by atoms with van der Waals surface area (Å²) in [7, 11) is 0. The second-order valence-electron chi connectivity index (χ2n) is 6.80. The van der Waals surface area contributed by atoms with Crippen LogP contribution in [0.25, 0.3) is 0 Å². The normalized spacial score (nSPS) is 11.6. The van der Waals surface area contributed by atoms with Crippen LogP contribution in [0.3, 0.4) is 0 Å². The van der Waals surface area contributed by atoms with Gasteiger partial charge >= 0.3 is 0 Å². The van der Waals surface area contributed by atoms with Gasteiger partial charge in [0.05, 0.1) is 6.04 Å². The molecule has 0 bridgehead atoms. The molecule has 1 amide bonds. The second kappa shape index (κ2) is 9.34. The topological polar surface area (TPSA) is 46.2 Å². The summed E-state index contributed by atoms with van der Waals surface area (Å²) in [4.78, 5) is 25.7. The van der Waals surface area contributed by atoms with E-state index in [2.05, 4.69) is 5.32 Å². The van der Waals surface area contributed by atoms with Crippen molar-refractivity contribution in [1.29, 1.82) is 0 Å². The predicted octanol–water partition coefficient (Wildman–Crippen LogP) is 4.80. The van der Waals surface area contributed by atoms with Crippen molar-refractivity contribution in [2.75, 3.05) is 0 Å². The fourth-order valence-corrected chi connectivity index (χ4v) is 3.26. The lowest BCUT2D eigenvalue weighted by Gasteiger charge is -2.19. The van der Waals surface area contributed by atoms with Crippen molar-refractivity contribution in [2.45, 2.75) is 25.8 Å². The highest BCUT2D eigenvalue weighted by atomic mass is 35.5. The van der Waals surface area contributed by atoms with E-state index in [9.17, 15) is 9.59 Å². The van der Waals surface area contributed by atoms with Crippen molar-refractivity contribution in [3.8, 4) is 0 Å². The smallest absolute Gasteiger partial charge is 0.251 e. The SMILES string of the molecule is Cc1ccc(Cl)cc1CC(=O)C(Cc1ccccc1)NC(=O)c1ccccc1. The van der Waals surface area contributed by atoms with Crippen molar-refractivity contribution in [1.82, 2.24) is 5.32 Å². The van der Waals surface area contributed by atoms with Gasteiger partial charge in [-0.2, -0.15) is 0 Å². The average Bonchev–Trinajstić information content (AvgIpc) is 2.71. The number of benzene rings is 3. The summed E-state index contributed by atoms with van der Waals surface area (Å²) in [6.07, 6.45) is 0.664.